The number of aromatic nitrogens is 2. The number of halogens is 1. The molecule has 5 rings (SSSR count). The SMILES string of the molecule is O=C(c1nn(-c2ccccc2)c2c1CC(NCc1ccc(F)cc1)CC2)N1CCCCC1. The van der Waals surface area contributed by atoms with Crippen LogP contribution in [0.15, 0.2) is 54.6 Å². The highest BCUT2D eigenvalue weighted by molar-refractivity contribution is 5.94. The lowest BCUT2D eigenvalue weighted by molar-refractivity contribution is 0.0716. The van der Waals surface area contributed by atoms with Gasteiger partial charge >= 0.3 is 0 Å². The smallest absolute Gasteiger partial charge is 0.274 e. The van der Waals surface area contributed by atoms with Crippen molar-refractivity contribution in [2.24, 2.45) is 0 Å². The molecule has 6 heteroatoms. The number of likely N-dealkylation sites (tertiary alicyclic amines) is 1. The zero-order valence-electron chi connectivity index (χ0n) is 18.3. The first-order chi connectivity index (χ1) is 15.7. The highest BCUT2D eigenvalue weighted by Gasteiger charge is 2.31. The average Bonchev–Trinajstić information content (AvgIpc) is 3.23. The fourth-order valence-corrected chi connectivity index (χ4v) is 4.86. The number of fused-ring (bicyclic) bond motifs is 1. The zero-order chi connectivity index (χ0) is 21.9. The number of rotatable bonds is 5. The summed E-state index contributed by atoms with van der Waals surface area (Å²) in [7, 11) is 0. The number of para-hydroxylation sites is 1. The van der Waals surface area contributed by atoms with Crippen LogP contribution in [0.5, 0.6) is 0 Å². The number of piperidine rings is 1. The van der Waals surface area contributed by atoms with Gasteiger partial charge in [0, 0.05) is 36.9 Å². The first-order valence-corrected chi connectivity index (χ1v) is 11.6. The predicted molar refractivity (Wildman–Crippen MR) is 122 cm³/mol. The van der Waals surface area contributed by atoms with Gasteiger partial charge in [0.05, 0.1) is 5.69 Å². The lowest BCUT2D eigenvalue weighted by Crippen LogP contribution is -2.38. The van der Waals surface area contributed by atoms with Crippen LogP contribution in [-0.4, -0.2) is 39.7 Å². The molecule has 1 unspecified atom stereocenters. The maximum Gasteiger partial charge on any atom is 0.274 e. The van der Waals surface area contributed by atoms with Crippen LogP contribution < -0.4 is 5.32 Å². The largest absolute Gasteiger partial charge is 0.337 e. The third kappa shape index (κ3) is 4.32. The molecule has 0 spiro atoms. The Balaban J connectivity index is 1.41. The van der Waals surface area contributed by atoms with E-state index in [-0.39, 0.29) is 17.8 Å². The normalized spacial score (nSPS) is 18.4. The molecule has 1 aliphatic carbocycles. The van der Waals surface area contributed by atoms with E-state index >= 15 is 0 Å². The maximum atomic E-state index is 13.4. The van der Waals surface area contributed by atoms with Crippen molar-refractivity contribution in [3.63, 3.8) is 0 Å². The summed E-state index contributed by atoms with van der Waals surface area (Å²) in [5, 5.41) is 8.46. The Morgan fingerprint density at radius 2 is 1.78 bits per heavy atom. The first kappa shape index (κ1) is 20.9. The van der Waals surface area contributed by atoms with Crippen LogP contribution >= 0.6 is 0 Å². The molecule has 1 N–H and O–H groups in total. The number of nitrogens with zero attached hydrogens (tertiary/aromatic N) is 3. The van der Waals surface area contributed by atoms with Crippen LogP contribution in [0.1, 0.15) is 53.0 Å². The summed E-state index contributed by atoms with van der Waals surface area (Å²) in [6.45, 7) is 2.32. The molecule has 166 valence electrons. The lowest BCUT2D eigenvalue weighted by Gasteiger charge is -2.27. The van der Waals surface area contributed by atoms with Gasteiger partial charge in [-0.25, -0.2) is 9.07 Å². The molecule has 2 aromatic carbocycles. The van der Waals surface area contributed by atoms with Gasteiger partial charge in [-0.15, -0.1) is 0 Å². The van der Waals surface area contributed by atoms with E-state index < -0.39 is 0 Å². The van der Waals surface area contributed by atoms with Gasteiger partial charge in [-0.05, 0) is 68.4 Å². The Hall–Kier alpha value is -2.99. The second kappa shape index (κ2) is 9.25. The van der Waals surface area contributed by atoms with Crippen molar-refractivity contribution in [2.45, 2.75) is 51.1 Å². The summed E-state index contributed by atoms with van der Waals surface area (Å²) in [4.78, 5) is 15.4. The molecule has 0 bridgehead atoms. The van der Waals surface area contributed by atoms with Gasteiger partial charge in [-0.3, -0.25) is 4.79 Å². The first-order valence-electron chi connectivity index (χ1n) is 11.6. The topological polar surface area (TPSA) is 50.2 Å². The van der Waals surface area contributed by atoms with E-state index in [1.807, 2.05) is 52.0 Å². The minimum atomic E-state index is -0.217. The molecule has 1 saturated heterocycles. The van der Waals surface area contributed by atoms with Gasteiger partial charge in [0.1, 0.15) is 5.82 Å². The van der Waals surface area contributed by atoms with Crippen LogP contribution in [0.4, 0.5) is 4.39 Å². The fraction of sp³-hybridized carbons (Fsp3) is 0.385. The van der Waals surface area contributed by atoms with Crippen LogP contribution in [0.3, 0.4) is 0 Å². The van der Waals surface area contributed by atoms with E-state index in [2.05, 4.69) is 5.32 Å². The molecule has 0 radical (unpaired) electrons. The number of hydrogen-bond acceptors (Lipinski definition) is 3. The summed E-state index contributed by atoms with van der Waals surface area (Å²) in [5.74, 6) is -0.153. The van der Waals surface area contributed by atoms with Crippen LogP contribution in [0.25, 0.3) is 5.69 Å². The third-order valence-electron chi connectivity index (χ3n) is 6.62. The third-order valence-corrected chi connectivity index (χ3v) is 6.62. The molecule has 2 heterocycles. The molecular weight excluding hydrogens is 403 g/mol. The molecule has 1 amide bonds. The average molecular weight is 433 g/mol. The van der Waals surface area contributed by atoms with Crippen LogP contribution in [0, 0.1) is 5.82 Å². The standard InChI is InChI=1S/C26H29FN4O/c27-20-11-9-19(10-12-20)18-28-21-13-14-24-23(17-21)25(26(32)30-15-5-2-6-16-30)29-31(24)22-7-3-1-4-8-22/h1,3-4,7-12,21,28H,2,5-6,13-18H2. The number of nitrogens with one attached hydrogen (secondary N) is 1. The lowest BCUT2D eigenvalue weighted by atomic mass is 9.90. The van der Waals surface area contributed by atoms with Gasteiger partial charge in [0.15, 0.2) is 5.69 Å². The Morgan fingerprint density at radius 1 is 1.03 bits per heavy atom. The molecule has 32 heavy (non-hydrogen) atoms. The zero-order valence-corrected chi connectivity index (χ0v) is 18.3. The Morgan fingerprint density at radius 3 is 2.53 bits per heavy atom. The van der Waals surface area contributed by atoms with Crippen LogP contribution in [0.2, 0.25) is 0 Å². The summed E-state index contributed by atoms with van der Waals surface area (Å²) < 4.78 is 15.2. The summed E-state index contributed by atoms with van der Waals surface area (Å²) in [6.07, 6.45) is 5.94. The summed E-state index contributed by atoms with van der Waals surface area (Å²) >= 11 is 0. The highest BCUT2D eigenvalue weighted by atomic mass is 19.1. The van der Waals surface area contributed by atoms with Crippen molar-refractivity contribution in [2.75, 3.05) is 13.1 Å². The number of hydrogen-bond donors (Lipinski definition) is 1. The quantitative estimate of drug-likeness (QED) is 0.655. The van der Waals surface area contributed by atoms with E-state index in [0.29, 0.717) is 12.2 Å². The number of carbonyl (C=O) groups excluding carboxylic acids is 1. The summed E-state index contributed by atoms with van der Waals surface area (Å²) in [5.41, 5.74) is 4.89. The minimum absolute atomic E-state index is 0.0646. The maximum absolute atomic E-state index is 13.4. The van der Waals surface area contributed by atoms with Crippen molar-refractivity contribution in [1.82, 2.24) is 20.0 Å². The Kier molecular flexibility index (Phi) is 6.04. The Labute approximate surface area is 188 Å². The molecule has 1 atom stereocenters. The van der Waals surface area contributed by atoms with Crippen molar-refractivity contribution in [1.29, 1.82) is 0 Å². The van der Waals surface area contributed by atoms with E-state index in [4.69, 9.17) is 5.10 Å². The molecule has 5 nitrogen and oxygen atoms in total. The van der Waals surface area contributed by atoms with E-state index in [1.54, 1.807) is 0 Å². The molecule has 1 fully saturated rings. The van der Waals surface area contributed by atoms with E-state index in [1.165, 1.54) is 18.6 Å². The monoisotopic (exact) mass is 432 g/mol. The van der Waals surface area contributed by atoms with Gasteiger partial charge in [-0.2, -0.15) is 5.10 Å². The molecule has 0 saturated carbocycles. The van der Waals surface area contributed by atoms with Gasteiger partial charge in [0.25, 0.3) is 5.91 Å². The van der Waals surface area contributed by atoms with Gasteiger partial charge in [-0.1, -0.05) is 30.3 Å². The second-order valence-electron chi connectivity index (χ2n) is 8.82. The number of carbonyl (C=O) groups is 1. The second-order valence-corrected chi connectivity index (χ2v) is 8.82. The Bertz CT molecular complexity index is 1070. The molecule has 3 aromatic rings. The highest BCUT2D eigenvalue weighted by Crippen LogP contribution is 2.29. The summed E-state index contributed by atoms with van der Waals surface area (Å²) in [6, 6.07) is 17.0. The van der Waals surface area contributed by atoms with E-state index in [9.17, 15) is 9.18 Å². The molecular formula is C26H29FN4O. The van der Waals surface area contributed by atoms with E-state index in [0.717, 1.165) is 67.7 Å². The van der Waals surface area contributed by atoms with Crippen molar-refractivity contribution < 1.29 is 9.18 Å². The molecule has 1 aromatic heterocycles. The minimum Gasteiger partial charge on any atom is -0.337 e. The van der Waals surface area contributed by atoms with Crippen molar-refractivity contribution in [3.05, 3.63) is 82.9 Å². The van der Waals surface area contributed by atoms with Gasteiger partial charge in [0.2, 0.25) is 0 Å². The predicted octanol–water partition coefficient (Wildman–Crippen LogP) is 4.28. The number of benzene rings is 2. The number of amides is 1. The van der Waals surface area contributed by atoms with Crippen molar-refractivity contribution in [3.8, 4) is 5.69 Å². The molecule has 1 aliphatic heterocycles. The molecule has 2 aliphatic rings. The van der Waals surface area contributed by atoms with Crippen LogP contribution in [-0.2, 0) is 19.4 Å². The van der Waals surface area contributed by atoms with Crippen molar-refractivity contribution >= 4 is 5.91 Å². The van der Waals surface area contributed by atoms with Gasteiger partial charge < -0.3 is 10.2 Å². The fourth-order valence-electron chi connectivity index (χ4n) is 4.86.